The molecule has 3 N–H and O–H groups in total. The highest BCUT2D eigenvalue weighted by Gasteiger charge is 2.29. The fraction of sp³-hybridized carbons (Fsp3) is 0.391. The van der Waals surface area contributed by atoms with Crippen LogP contribution in [0.25, 0.3) is 0 Å². The molecule has 0 bridgehead atoms. The predicted octanol–water partition coefficient (Wildman–Crippen LogP) is 4.23. The Hall–Kier alpha value is -3.05. The number of carbonyl (C=O) groups is 2. The maximum absolute atomic E-state index is 14.6. The number of halogens is 5. The van der Waals surface area contributed by atoms with E-state index < -0.39 is 30.4 Å². The molecule has 1 aliphatic heterocycles. The highest BCUT2D eigenvalue weighted by atomic mass is 35.5. The van der Waals surface area contributed by atoms with Crippen molar-refractivity contribution in [3.8, 4) is 0 Å². The number of piperazine rings is 1. The summed E-state index contributed by atoms with van der Waals surface area (Å²) in [7, 11) is 1.46. The second kappa shape index (κ2) is 11.6. The van der Waals surface area contributed by atoms with Crippen LogP contribution in [-0.2, 0) is 6.54 Å². The molecule has 1 fully saturated rings. The summed E-state index contributed by atoms with van der Waals surface area (Å²) in [5.41, 5.74) is 1.32. The van der Waals surface area contributed by atoms with Crippen LogP contribution in [0, 0.1) is 5.82 Å². The van der Waals surface area contributed by atoms with E-state index >= 15 is 0 Å². The van der Waals surface area contributed by atoms with Crippen molar-refractivity contribution in [3.63, 3.8) is 0 Å². The summed E-state index contributed by atoms with van der Waals surface area (Å²) in [6.07, 6.45) is -5.06. The third kappa shape index (κ3) is 7.72. The molecule has 2 aromatic rings. The standard InChI is InChI=1S/C23H26ClF4N5O2/c1-29-22(35)30-14-15-2-4-17(18(25)12-15)21(34)31-19-5-3-16(24)13-20(19)33-10-8-32(9-11-33)7-6-23(26,27)28/h2-5,12-13H,6-11,14H2,1H3,(H,31,34)(H2,29,30,35). The zero-order valence-electron chi connectivity index (χ0n) is 19.0. The molecule has 2 aromatic carbocycles. The molecule has 1 saturated heterocycles. The van der Waals surface area contributed by atoms with Gasteiger partial charge in [-0.3, -0.25) is 9.69 Å². The van der Waals surface area contributed by atoms with Gasteiger partial charge in [-0.05, 0) is 35.9 Å². The summed E-state index contributed by atoms with van der Waals surface area (Å²) in [6.45, 7) is 1.77. The summed E-state index contributed by atoms with van der Waals surface area (Å²) in [5, 5.41) is 8.06. The number of urea groups is 1. The number of rotatable bonds is 7. The molecule has 0 aliphatic carbocycles. The van der Waals surface area contributed by atoms with Crippen molar-refractivity contribution in [2.45, 2.75) is 19.1 Å². The van der Waals surface area contributed by atoms with Gasteiger partial charge >= 0.3 is 12.2 Å². The fourth-order valence-corrected chi connectivity index (χ4v) is 3.85. The van der Waals surface area contributed by atoms with Gasteiger partial charge in [-0.1, -0.05) is 17.7 Å². The molecule has 7 nitrogen and oxygen atoms in total. The van der Waals surface area contributed by atoms with Gasteiger partial charge < -0.3 is 20.9 Å². The second-order valence-electron chi connectivity index (χ2n) is 8.06. The monoisotopic (exact) mass is 515 g/mol. The third-order valence-corrected chi connectivity index (χ3v) is 5.83. The Morgan fingerprint density at radius 2 is 1.77 bits per heavy atom. The Morgan fingerprint density at radius 1 is 1.06 bits per heavy atom. The van der Waals surface area contributed by atoms with E-state index in [4.69, 9.17) is 11.6 Å². The van der Waals surface area contributed by atoms with Crippen molar-refractivity contribution in [1.29, 1.82) is 0 Å². The Labute approximate surface area is 205 Å². The minimum Gasteiger partial charge on any atom is -0.367 e. The molecule has 190 valence electrons. The first-order valence-corrected chi connectivity index (χ1v) is 11.3. The highest BCUT2D eigenvalue weighted by Crippen LogP contribution is 2.31. The average molecular weight is 516 g/mol. The maximum atomic E-state index is 14.6. The van der Waals surface area contributed by atoms with E-state index in [1.807, 2.05) is 4.90 Å². The summed E-state index contributed by atoms with van der Waals surface area (Å²) in [6, 6.07) is 8.48. The smallest absolute Gasteiger partial charge is 0.367 e. The van der Waals surface area contributed by atoms with Gasteiger partial charge in [-0.15, -0.1) is 0 Å². The molecular formula is C23H26ClF4N5O2. The molecule has 0 saturated carbocycles. The number of nitrogens with one attached hydrogen (secondary N) is 3. The van der Waals surface area contributed by atoms with Crippen LogP contribution in [0.2, 0.25) is 5.02 Å². The Morgan fingerprint density at radius 3 is 2.40 bits per heavy atom. The van der Waals surface area contributed by atoms with Gasteiger partial charge in [0.25, 0.3) is 5.91 Å². The fourth-order valence-electron chi connectivity index (χ4n) is 3.68. The molecule has 35 heavy (non-hydrogen) atoms. The average Bonchev–Trinajstić information content (AvgIpc) is 2.82. The molecule has 3 amide bonds. The molecule has 0 atom stereocenters. The molecule has 12 heteroatoms. The number of hydrogen-bond acceptors (Lipinski definition) is 4. The molecule has 0 aromatic heterocycles. The Kier molecular flexibility index (Phi) is 8.79. The van der Waals surface area contributed by atoms with Crippen LogP contribution in [0.1, 0.15) is 22.3 Å². The first kappa shape index (κ1) is 26.6. The lowest BCUT2D eigenvalue weighted by Crippen LogP contribution is -2.47. The van der Waals surface area contributed by atoms with Crippen molar-refractivity contribution in [3.05, 3.63) is 58.4 Å². The predicted molar refractivity (Wildman–Crippen MR) is 126 cm³/mol. The maximum Gasteiger partial charge on any atom is 0.390 e. The largest absolute Gasteiger partial charge is 0.390 e. The summed E-state index contributed by atoms with van der Waals surface area (Å²) >= 11 is 6.15. The lowest BCUT2D eigenvalue weighted by atomic mass is 10.1. The molecule has 0 unspecified atom stereocenters. The third-order valence-electron chi connectivity index (χ3n) is 5.59. The summed E-state index contributed by atoms with van der Waals surface area (Å²) < 4.78 is 52.1. The highest BCUT2D eigenvalue weighted by molar-refractivity contribution is 6.31. The quantitative estimate of drug-likeness (QED) is 0.482. The van der Waals surface area contributed by atoms with Gasteiger partial charge in [-0.25, -0.2) is 9.18 Å². The van der Waals surface area contributed by atoms with Crippen LogP contribution in [-0.4, -0.2) is 62.8 Å². The Bertz CT molecular complexity index is 1060. The van der Waals surface area contributed by atoms with E-state index in [-0.39, 0.29) is 18.7 Å². The van der Waals surface area contributed by atoms with Gasteiger partial charge in [0.05, 0.1) is 23.4 Å². The van der Waals surface area contributed by atoms with E-state index in [1.54, 1.807) is 23.1 Å². The van der Waals surface area contributed by atoms with E-state index in [2.05, 4.69) is 16.0 Å². The van der Waals surface area contributed by atoms with E-state index in [9.17, 15) is 27.2 Å². The molecule has 3 rings (SSSR count). The topological polar surface area (TPSA) is 76.7 Å². The van der Waals surface area contributed by atoms with E-state index in [0.717, 1.165) is 0 Å². The zero-order valence-corrected chi connectivity index (χ0v) is 19.8. The van der Waals surface area contributed by atoms with Gasteiger partial charge in [0.15, 0.2) is 0 Å². The molecule has 1 heterocycles. The SMILES string of the molecule is CNC(=O)NCc1ccc(C(=O)Nc2ccc(Cl)cc2N2CCN(CCC(F)(F)F)CC2)c(F)c1. The lowest BCUT2D eigenvalue weighted by molar-refractivity contribution is -0.138. The molecule has 0 spiro atoms. The zero-order chi connectivity index (χ0) is 25.6. The van der Waals surface area contributed by atoms with Crippen molar-refractivity contribution >= 4 is 34.9 Å². The number of anilines is 2. The van der Waals surface area contributed by atoms with E-state index in [0.29, 0.717) is 48.1 Å². The van der Waals surface area contributed by atoms with Crippen molar-refractivity contribution in [2.24, 2.45) is 0 Å². The number of hydrogen-bond donors (Lipinski definition) is 3. The number of alkyl halides is 3. The number of benzene rings is 2. The van der Waals surface area contributed by atoms with Gasteiger partial charge in [0.2, 0.25) is 0 Å². The minimum atomic E-state index is -4.20. The van der Waals surface area contributed by atoms with Crippen molar-refractivity contribution in [1.82, 2.24) is 15.5 Å². The van der Waals surface area contributed by atoms with Crippen molar-refractivity contribution < 1.29 is 27.2 Å². The summed E-state index contributed by atoms with van der Waals surface area (Å²) in [4.78, 5) is 27.8. The first-order valence-electron chi connectivity index (χ1n) is 10.9. The second-order valence-corrected chi connectivity index (χ2v) is 8.49. The van der Waals surface area contributed by atoms with Crippen molar-refractivity contribution in [2.75, 3.05) is 50.0 Å². The van der Waals surface area contributed by atoms with Crippen LogP contribution in [0.5, 0.6) is 0 Å². The Balaban J connectivity index is 1.67. The summed E-state index contributed by atoms with van der Waals surface area (Å²) in [5.74, 6) is -1.41. The molecular weight excluding hydrogens is 490 g/mol. The number of carbonyl (C=O) groups excluding carboxylic acids is 2. The van der Waals surface area contributed by atoms with E-state index in [1.165, 1.54) is 25.2 Å². The van der Waals surface area contributed by atoms with Crippen LogP contribution in [0.15, 0.2) is 36.4 Å². The molecule has 0 radical (unpaired) electrons. The number of nitrogens with zero attached hydrogens (tertiary/aromatic N) is 2. The van der Waals surface area contributed by atoms with Gasteiger partial charge in [0.1, 0.15) is 5.82 Å². The minimum absolute atomic E-state index is 0.0651. The van der Waals surface area contributed by atoms with Gasteiger partial charge in [0, 0.05) is 51.3 Å². The normalized spacial score (nSPS) is 14.5. The van der Waals surface area contributed by atoms with Crippen LogP contribution >= 0.6 is 11.6 Å². The van der Waals surface area contributed by atoms with Crippen LogP contribution in [0.4, 0.5) is 33.7 Å². The van der Waals surface area contributed by atoms with Gasteiger partial charge in [-0.2, -0.15) is 13.2 Å². The first-order chi connectivity index (χ1) is 16.6. The van der Waals surface area contributed by atoms with Crippen LogP contribution in [0.3, 0.4) is 0 Å². The molecule has 1 aliphatic rings. The van der Waals surface area contributed by atoms with Crippen LogP contribution < -0.4 is 20.9 Å². The lowest BCUT2D eigenvalue weighted by Gasteiger charge is -2.37. The number of amides is 3.